The molecule has 4 aromatic carbocycles. The van der Waals surface area contributed by atoms with E-state index < -0.39 is 28.5 Å². The van der Waals surface area contributed by atoms with Crippen molar-refractivity contribution in [2.24, 2.45) is 0 Å². The Morgan fingerprint density at radius 3 is 2.23 bits per heavy atom. The lowest BCUT2D eigenvalue weighted by atomic mass is 9.94. The highest BCUT2D eigenvalue weighted by atomic mass is 79.9. The van der Waals surface area contributed by atoms with Crippen LogP contribution < -0.4 is 9.62 Å². The van der Waals surface area contributed by atoms with Crippen LogP contribution >= 0.6 is 27.5 Å². The maximum absolute atomic E-state index is 14.7. The number of anilines is 1. The Balaban J connectivity index is 1.56. The van der Waals surface area contributed by atoms with E-state index in [1.54, 1.807) is 66.7 Å². The fourth-order valence-electron chi connectivity index (χ4n) is 5.93. The van der Waals surface area contributed by atoms with Gasteiger partial charge < -0.3 is 10.2 Å². The molecule has 1 N–H and O–H groups in total. The predicted molar refractivity (Wildman–Crippen MR) is 191 cm³/mol. The molecular weight excluding hydrogens is 698 g/mol. The first-order valence-corrected chi connectivity index (χ1v) is 18.4. The van der Waals surface area contributed by atoms with Gasteiger partial charge in [-0.25, -0.2) is 8.42 Å². The lowest BCUT2D eigenvalue weighted by Crippen LogP contribution is -2.55. The number of carbonyl (C=O) groups is 2. The van der Waals surface area contributed by atoms with Gasteiger partial charge in [0.15, 0.2) is 0 Å². The van der Waals surface area contributed by atoms with E-state index in [2.05, 4.69) is 21.2 Å². The minimum absolute atomic E-state index is 0.0257. The van der Waals surface area contributed by atoms with Crippen molar-refractivity contribution in [1.29, 1.82) is 0 Å². The van der Waals surface area contributed by atoms with Crippen LogP contribution in [0.4, 0.5) is 5.69 Å². The third-order valence-electron chi connectivity index (χ3n) is 8.45. The van der Waals surface area contributed by atoms with Crippen LogP contribution in [0.1, 0.15) is 48.8 Å². The van der Waals surface area contributed by atoms with Crippen molar-refractivity contribution < 1.29 is 18.0 Å². The number of sulfonamides is 1. The Morgan fingerprint density at radius 2 is 1.55 bits per heavy atom. The molecule has 7 nitrogen and oxygen atoms in total. The average molecular weight is 737 g/mol. The van der Waals surface area contributed by atoms with Gasteiger partial charge in [-0.3, -0.25) is 13.9 Å². The van der Waals surface area contributed by atoms with Crippen molar-refractivity contribution in [3.63, 3.8) is 0 Å². The molecule has 0 heterocycles. The lowest BCUT2D eigenvalue weighted by molar-refractivity contribution is -0.140. The first-order valence-electron chi connectivity index (χ1n) is 15.8. The van der Waals surface area contributed by atoms with Crippen LogP contribution in [0.2, 0.25) is 5.02 Å². The molecule has 1 saturated carbocycles. The number of nitrogens with zero attached hydrogens (tertiary/aromatic N) is 2. The quantitative estimate of drug-likeness (QED) is 0.162. The van der Waals surface area contributed by atoms with Crippen LogP contribution in [0.3, 0.4) is 0 Å². The van der Waals surface area contributed by atoms with Gasteiger partial charge in [-0.2, -0.15) is 0 Å². The van der Waals surface area contributed by atoms with Crippen molar-refractivity contribution in [3.05, 3.63) is 129 Å². The molecule has 0 unspecified atom stereocenters. The number of nitrogens with one attached hydrogen (secondary N) is 1. The second-order valence-corrected chi connectivity index (χ2v) is 15.2. The van der Waals surface area contributed by atoms with Crippen LogP contribution in [-0.2, 0) is 32.6 Å². The first kappa shape index (κ1) is 34.7. The molecule has 4 aromatic rings. The lowest BCUT2D eigenvalue weighted by Gasteiger charge is -2.35. The molecule has 2 amide bonds. The summed E-state index contributed by atoms with van der Waals surface area (Å²) in [4.78, 5) is 30.4. The molecule has 47 heavy (non-hydrogen) atoms. The zero-order chi connectivity index (χ0) is 33.4. The van der Waals surface area contributed by atoms with Gasteiger partial charge in [-0.1, -0.05) is 113 Å². The maximum Gasteiger partial charge on any atom is 0.264 e. The average Bonchev–Trinajstić information content (AvgIpc) is 3.06. The second-order valence-electron chi connectivity index (χ2n) is 12.0. The summed E-state index contributed by atoms with van der Waals surface area (Å²) in [7, 11) is -4.18. The van der Waals surface area contributed by atoms with E-state index in [4.69, 9.17) is 11.6 Å². The number of amides is 2. The van der Waals surface area contributed by atoms with E-state index in [0.29, 0.717) is 15.2 Å². The van der Waals surface area contributed by atoms with E-state index >= 15 is 0 Å². The van der Waals surface area contributed by atoms with Crippen molar-refractivity contribution in [2.75, 3.05) is 10.8 Å². The molecule has 1 atom stereocenters. The Bertz CT molecular complexity index is 1780. The van der Waals surface area contributed by atoms with E-state index in [-0.39, 0.29) is 29.8 Å². The van der Waals surface area contributed by atoms with Crippen molar-refractivity contribution in [2.45, 2.75) is 69.0 Å². The zero-order valence-electron chi connectivity index (χ0n) is 26.3. The van der Waals surface area contributed by atoms with Crippen LogP contribution in [0.15, 0.2) is 112 Å². The molecule has 0 bridgehead atoms. The third-order valence-corrected chi connectivity index (χ3v) is 11.0. The van der Waals surface area contributed by atoms with Crippen molar-refractivity contribution in [1.82, 2.24) is 10.2 Å². The third kappa shape index (κ3) is 9.24. The number of halogens is 2. The number of benzene rings is 4. The monoisotopic (exact) mass is 735 g/mol. The number of rotatable bonds is 12. The number of carbonyl (C=O) groups excluding carboxylic acids is 2. The van der Waals surface area contributed by atoms with Gasteiger partial charge >= 0.3 is 0 Å². The molecule has 0 aromatic heterocycles. The molecule has 246 valence electrons. The molecule has 1 aliphatic carbocycles. The fraction of sp³-hybridized carbons (Fsp3) is 0.297. The minimum atomic E-state index is -4.18. The second kappa shape index (κ2) is 16.0. The number of aryl methyl sites for hydroxylation is 1. The molecule has 1 fully saturated rings. The van der Waals surface area contributed by atoms with Gasteiger partial charge in [0.25, 0.3) is 10.0 Å². The molecule has 0 spiro atoms. The van der Waals surface area contributed by atoms with Crippen molar-refractivity contribution >= 4 is 55.1 Å². The Morgan fingerprint density at radius 1 is 0.872 bits per heavy atom. The van der Waals surface area contributed by atoms with Gasteiger partial charge in [-0.05, 0) is 73.4 Å². The number of hydrogen-bond donors (Lipinski definition) is 1. The van der Waals surface area contributed by atoms with Gasteiger partial charge in [0.1, 0.15) is 12.6 Å². The van der Waals surface area contributed by atoms with Gasteiger partial charge in [-0.15, -0.1) is 0 Å². The standard InChI is InChI=1S/C37H39BrClN3O4S/c1-27-18-20-34(21-19-27)47(45,46)42(33-17-9-13-30(38)24-33)26-36(43)41(25-29-12-8-14-31(39)22-29)35(23-28-10-4-2-5-11-28)37(44)40-32-15-6-3-7-16-32/h2,4-5,8-14,17-22,24,32,35H,3,6-7,15-16,23,25-26H2,1H3,(H,40,44)/t35-/m1/s1. The molecule has 1 aliphatic rings. The highest BCUT2D eigenvalue weighted by molar-refractivity contribution is 9.10. The van der Waals surface area contributed by atoms with Crippen molar-refractivity contribution in [3.8, 4) is 0 Å². The SMILES string of the molecule is Cc1ccc(S(=O)(=O)N(CC(=O)N(Cc2cccc(Cl)c2)[C@H](Cc2ccccc2)C(=O)NC2CCCCC2)c2cccc(Br)c2)cc1. The normalized spacial score (nSPS) is 14.3. The highest BCUT2D eigenvalue weighted by Gasteiger charge is 2.35. The van der Waals surface area contributed by atoms with Crippen LogP contribution in [0.25, 0.3) is 0 Å². The summed E-state index contributed by atoms with van der Waals surface area (Å²) in [5.41, 5.74) is 2.85. The van der Waals surface area contributed by atoms with E-state index in [1.807, 2.05) is 43.3 Å². The zero-order valence-corrected chi connectivity index (χ0v) is 29.5. The summed E-state index contributed by atoms with van der Waals surface area (Å²) in [5, 5.41) is 3.73. The summed E-state index contributed by atoms with van der Waals surface area (Å²) in [5.74, 6) is -0.771. The highest BCUT2D eigenvalue weighted by Crippen LogP contribution is 2.28. The van der Waals surface area contributed by atoms with Gasteiger partial charge in [0, 0.05) is 28.5 Å². The molecule has 0 saturated heterocycles. The van der Waals surface area contributed by atoms with Gasteiger partial charge in [0.2, 0.25) is 11.8 Å². The van der Waals surface area contributed by atoms with E-state index in [9.17, 15) is 18.0 Å². The summed E-state index contributed by atoms with van der Waals surface area (Å²) in [6, 6.07) is 29.2. The smallest absolute Gasteiger partial charge is 0.264 e. The fourth-order valence-corrected chi connectivity index (χ4v) is 7.93. The summed E-state index contributed by atoms with van der Waals surface area (Å²) in [6.07, 6.45) is 5.25. The van der Waals surface area contributed by atoms with Crippen LogP contribution in [-0.4, -0.2) is 43.8 Å². The Labute approximate surface area is 291 Å². The Hall–Kier alpha value is -3.66. The minimum Gasteiger partial charge on any atom is -0.352 e. The van der Waals surface area contributed by atoms with Crippen LogP contribution in [0, 0.1) is 6.92 Å². The molecule has 0 aliphatic heterocycles. The number of hydrogen-bond acceptors (Lipinski definition) is 4. The maximum atomic E-state index is 14.7. The first-order chi connectivity index (χ1) is 22.6. The Kier molecular flexibility index (Phi) is 11.8. The summed E-state index contributed by atoms with van der Waals surface area (Å²) >= 11 is 9.81. The molecule has 0 radical (unpaired) electrons. The molecule has 5 rings (SSSR count). The summed E-state index contributed by atoms with van der Waals surface area (Å²) in [6.45, 7) is 1.42. The molecular formula is C37H39BrClN3O4S. The van der Waals surface area contributed by atoms with E-state index in [0.717, 1.165) is 53.1 Å². The molecule has 10 heteroatoms. The topological polar surface area (TPSA) is 86.8 Å². The van der Waals surface area contributed by atoms with E-state index in [1.165, 1.54) is 4.90 Å². The predicted octanol–water partition coefficient (Wildman–Crippen LogP) is 7.70. The van der Waals surface area contributed by atoms with Gasteiger partial charge in [0.05, 0.1) is 10.6 Å². The largest absolute Gasteiger partial charge is 0.352 e. The van der Waals surface area contributed by atoms with Crippen LogP contribution in [0.5, 0.6) is 0 Å². The summed E-state index contributed by atoms with van der Waals surface area (Å²) < 4.78 is 30.2.